The second-order valence-corrected chi connectivity index (χ2v) is 7.28. The van der Waals surface area contributed by atoms with Crippen LogP contribution in [0.15, 0.2) is 12.1 Å². The van der Waals surface area contributed by atoms with Crippen LogP contribution in [0.25, 0.3) is 0 Å². The highest BCUT2D eigenvalue weighted by Crippen LogP contribution is 2.35. The Bertz CT molecular complexity index is 741. The van der Waals surface area contributed by atoms with E-state index in [0.29, 0.717) is 42.2 Å². The summed E-state index contributed by atoms with van der Waals surface area (Å²) in [6.45, 7) is 4.80. The zero-order chi connectivity index (χ0) is 18.4. The highest BCUT2D eigenvalue weighted by molar-refractivity contribution is 6.31. The van der Waals surface area contributed by atoms with E-state index in [9.17, 15) is 9.59 Å². The van der Waals surface area contributed by atoms with Crippen molar-refractivity contribution in [3.8, 4) is 0 Å². The molecule has 0 aliphatic carbocycles. The summed E-state index contributed by atoms with van der Waals surface area (Å²) in [7, 11) is 0. The van der Waals surface area contributed by atoms with Crippen molar-refractivity contribution in [2.24, 2.45) is 0 Å². The average molecular weight is 364 g/mol. The molecule has 7 nitrogen and oxygen atoms in total. The van der Waals surface area contributed by atoms with Crippen molar-refractivity contribution in [3.63, 3.8) is 0 Å². The van der Waals surface area contributed by atoms with Gasteiger partial charge in [0.2, 0.25) is 0 Å². The molecule has 0 unspecified atom stereocenters. The number of urea groups is 1. The van der Waals surface area contributed by atoms with E-state index < -0.39 is 5.54 Å². The molecule has 1 aromatic carbocycles. The summed E-state index contributed by atoms with van der Waals surface area (Å²) < 4.78 is 0. The van der Waals surface area contributed by atoms with E-state index >= 15 is 0 Å². The Hall–Kier alpha value is -2.28. The maximum atomic E-state index is 12.8. The largest absolute Gasteiger partial charge is 0.398 e. The van der Waals surface area contributed by atoms with Crippen LogP contribution in [0.3, 0.4) is 0 Å². The lowest BCUT2D eigenvalue weighted by molar-refractivity contribution is -0.133. The molecule has 2 saturated heterocycles. The zero-order valence-electron chi connectivity index (χ0n) is 14.3. The molecule has 1 spiro atoms. The molecule has 8 heteroatoms. The van der Waals surface area contributed by atoms with Crippen molar-refractivity contribution in [2.75, 3.05) is 23.7 Å². The van der Waals surface area contributed by atoms with Crippen LogP contribution in [0.5, 0.6) is 0 Å². The Balaban J connectivity index is 1.83. The zero-order valence-corrected chi connectivity index (χ0v) is 15.1. The summed E-state index contributed by atoms with van der Waals surface area (Å²) >= 11 is 6.12. The number of nitrogens with two attached hydrogens (primary N) is 1. The Morgan fingerprint density at radius 2 is 1.96 bits per heavy atom. The van der Waals surface area contributed by atoms with Gasteiger partial charge in [-0.2, -0.15) is 0 Å². The number of nitrogens with one attached hydrogen (secondary N) is 2. The van der Waals surface area contributed by atoms with E-state index in [1.165, 1.54) is 11.1 Å². The molecule has 25 heavy (non-hydrogen) atoms. The van der Waals surface area contributed by atoms with Crippen molar-refractivity contribution in [3.05, 3.63) is 22.7 Å². The fourth-order valence-corrected chi connectivity index (χ4v) is 3.84. The first kappa shape index (κ1) is 17.5. The van der Waals surface area contributed by atoms with Gasteiger partial charge in [-0.1, -0.05) is 11.6 Å². The summed E-state index contributed by atoms with van der Waals surface area (Å²) in [5.74, 6) is -0.148. The first-order chi connectivity index (χ1) is 11.8. The Labute approximate surface area is 151 Å². The molecule has 0 radical (unpaired) electrons. The maximum Gasteiger partial charge on any atom is 0.325 e. The topological polar surface area (TPSA) is 103 Å². The standard InChI is InChI=1S/C17H22ClN5O2/c1-10(2)23-15(24)17(21-16(23)25)3-5-22(6-4-17)14-8-11(18)7-13(20)12(14)9-19/h7-10,19H,3-6,20H2,1-2H3,(H,21,25). The van der Waals surface area contributed by atoms with Gasteiger partial charge in [0, 0.05) is 47.3 Å². The van der Waals surface area contributed by atoms with E-state index in [1.54, 1.807) is 12.1 Å². The second-order valence-electron chi connectivity index (χ2n) is 6.84. The van der Waals surface area contributed by atoms with E-state index in [0.717, 1.165) is 5.69 Å². The van der Waals surface area contributed by atoms with Crippen molar-refractivity contribution in [2.45, 2.75) is 38.3 Å². The van der Waals surface area contributed by atoms with Gasteiger partial charge in [0.25, 0.3) is 5.91 Å². The van der Waals surface area contributed by atoms with E-state index in [-0.39, 0.29) is 18.0 Å². The van der Waals surface area contributed by atoms with Crippen molar-refractivity contribution in [1.29, 1.82) is 5.41 Å². The Morgan fingerprint density at radius 1 is 1.32 bits per heavy atom. The number of rotatable bonds is 3. The predicted molar refractivity (Wildman–Crippen MR) is 98.4 cm³/mol. The molecule has 0 aromatic heterocycles. The number of carbonyl (C=O) groups is 2. The van der Waals surface area contributed by atoms with Crippen LogP contribution in [0.2, 0.25) is 5.02 Å². The summed E-state index contributed by atoms with van der Waals surface area (Å²) in [5, 5.41) is 11.0. The molecule has 2 aliphatic heterocycles. The van der Waals surface area contributed by atoms with E-state index in [2.05, 4.69) is 10.2 Å². The number of nitrogen functional groups attached to an aromatic ring is 1. The molecule has 2 heterocycles. The first-order valence-corrected chi connectivity index (χ1v) is 8.67. The van der Waals surface area contributed by atoms with Crippen LogP contribution in [-0.4, -0.2) is 47.7 Å². The number of hydrogen-bond donors (Lipinski definition) is 3. The molecular weight excluding hydrogens is 342 g/mol. The number of nitrogens with zero attached hydrogens (tertiary/aromatic N) is 2. The quantitative estimate of drug-likeness (QED) is 0.435. The van der Waals surface area contributed by atoms with Gasteiger partial charge in [-0.25, -0.2) is 4.79 Å². The molecule has 134 valence electrons. The van der Waals surface area contributed by atoms with Gasteiger partial charge in [0.05, 0.1) is 0 Å². The van der Waals surface area contributed by atoms with E-state index in [4.69, 9.17) is 22.7 Å². The molecule has 0 atom stereocenters. The number of benzene rings is 1. The normalized spacial score (nSPS) is 19.7. The highest BCUT2D eigenvalue weighted by Gasteiger charge is 2.53. The number of halogens is 1. The monoisotopic (exact) mass is 363 g/mol. The second kappa shape index (κ2) is 6.22. The third-order valence-electron chi connectivity index (χ3n) is 4.97. The van der Waals surface area contributed by atoms with Crippen LogP contribution in [0, 0.1) is 5.41 Å². The molecule has 2 aliphatic rings. The van der Waals surface area contributed by atoms with Crippen LogP contribution in [0.4, 0.5) is 16.2 Å². The van der Waals surface area contributed by atoms with Crippen molar-refractivity contribution >= 4 is 41.1 Å². The molecular formula is C17H22ClN5O2. The number of carbonyl (C=O) groups excluding carboxylic acids is 2. The minimum Gasteiger partial charge on any atom is -0.398 e. The predicted octanol–water partition coefficient (Wildman–Crippen LogP) is 2.22. The van der Waals surface area contributed by atoms with Crippen molar-refractivity contribution < 1.29 is 9.59 Å². The number of hydrogen-bond acceptors (Lipinski definition) is 5. The lowest BCUT2D eigenvalue weighted by atomic mass is 9.87. The fraction of sp³-hybridized carbons (Fsp3) is 0.471. The molecule has 0 saturated carbocycles. The van der Waals surface area contributed by atoms with Gasteiger partial charge >= 0.3 is 6.03 Å². The maximum absolute atomic E-state index is 12.8. The Morgan fingerprint density at radius 3 is 2.48 bits per heavy atom. The lowest BCUT2D eigenvalue weighted by Crippen LogP contribution is -2.55. The Kier molecular flexibility index (Phi) is 4.36. The van der Waals surface area contributed by atoms with Crippen LogP contribution < -0.4 is 16.0 Å². The number of piperidine rings is 1. The molecule has 2 fully saturated rings. The number of amides is 3. The minimum atomic E-state index is -0.827. The molecule has 3 amide bonds. The van der Waals surface area contributed by atoms with Gasteiger partial charge < -0.3 is 21.4 Å². The number of anilines is 2. The lowest BCUT2D eigenvalue weighted by Gasteiger charge is -2.39. The SMILES string of the molecule is CC(C)N1C(=O)NC2(CCN(c3cc(Cl)cc(N)c3C=N)CC2)C1=O. The van der Waals surface area contributed by atoms with Crippen LogP contribution >= 0.6 is 11.6 Å². The molecule has 4 N–H and O–H groups in total. The van der Waals surface area contributed by atoms with Gasteiger partial charge in [-0.15, -0.1) is 0 Å². The highest BCUT2D eigenvalue weighted by atomic mass is 35.5. The third-order valence-corrected chi connectivity index (χ3v) is 5.18. The molecule has 0 bridgehead atoms. The molecule has 1 aromatic rings. The van der Waals surface area contributed by atoms with Crippen LogP contribution in [-0.2, 0) is 4.79 Å². The summed E-state index contributed by atoms with van der Waals surface area (Å²) in [5.41, 5.74) is 6.99. The van der Waals surface area contributed by atoms with Crippen molar-refractivity contribution in [1.82, 2.24) is 10.2 Å². The summed E-state index contributed by atoms with van der Waals surface area (Å²) in [6, 6.07) is 2.92. The third kappa shape index (κ3) is 2.82. The van der Waals surface area contributed by atoms with Gasteiger partial charge in [-0.05, 0) is 38.8 Å². The van der Waals surface area contributed by atoms with Crippen LogP contribution in [0.1, 0.15) is 32.3 Å². The minimum absolute atomic E-state index is 0.148. The smallest absolute Gasteiger partial charge is 0.325 e. The first-order valence-electron chi connectivity index (χ1n) is 8.29. The molecule has 3 rings (SSSR count). The van der Waals surface area contributed by atoms with Gasteiger partial charge in [0.15, 0.2) is 0 Å². The van der Waals surface area contributed by atoms with E-state index in [1.807, 2.05) is 13.8 Å². The summed E-state index contributed by atoms with van der Waals surface area (Å²) in [6.07, 6.45) is 2.23. The fourth-order valence-electron chi connectivity index (χ4n) is 3.62. The van der Waals surface area contributed by atoms with Gasteiger partial charge in [0.1, 0.15) is 5.54 Å². The average Bonchev–Trinajstić information content (AvgIpc) is 2.78. The van der Waals surface area contributed by atoms with Gasteiger partial charge in [-0.3, -0.25) is 9.69 Å². The number of imide groups is 1. The summed E-state index contributed by atoms with van der Waals surface area (Å²) in [4.78, 5) is 28.3.